The highest BCUT2D eigenvalue weighted by molar-refractivity contribution is 5.28. The van der Waals surface area contributed by atoms with Gasteiger partial charge in [0.2, 0.25) is 5.89 Å². The molecule has 0 aliphatic heterocycles. The van der Waals surface area contributed by atoms with E-state index in [4.69, 9.17) is 15.0 Å². The lowest BCUT2D eigenvalue weighted by atomic mass is 10.0. The normalized spacial score (nSPS) is 12.6. The maximum atomic E-state index is 6.07. The summed E-state index contributed by atoms with van der Waals surface area (Å²) in [6.07, 6.45) is 0. The minimum atomic E-state index is -0.371. The summed E-state index contributed by atoms with van der Waals surface area (Å²) in [5.41, 5.74) is 8.08. The van der Waals surface area contributed by atoms with Gasteiger partial charge in [0.25, 0.3) is 0 Å². The molecule has 0 saturated heterocycles. The first-order valence-electron chi connectivity index (χ1n) is 5.34. The van der Waals surface area contributed by atoms with E-state index in [1.54, 1.807) is 14.0 Å². The number of hydrogen-bond donors (Lipinski definition) is 1. The molecule has 1 heterocycles. The first kappa shape index (κ1) is 11.8. The Morgan fingerprint density at radius 2 is 2.29 bits per heavy atom. The summed E-state index contributed by atoms with van der Waals surface area (Å²) in [7, 11) is 1.66. The van der Waals surface area contributed by atoms with Crippen molar-refractivity contribution >= 4 is 0 Å². The third-order valence-corrected chi connectivity index (χ3v) is 2.44. The Labute approximate surface area is 99.6 Å². The summed E-state index contributed by atoms with van der Waals surface area (Å²) in [5, 5.41) is 3.83. The molecule has 0 bridgehead atoms. The summed E-state index contributed by atoms with van der Waals surface area (Å²) >= 11 is 0. The molecule has 5 heteroatoms. The minimum absolute atomic E-state index is 0.371. The number of rotatable bonds is 4. The van der Waals surface area contributed by atoms with Gasteiger partial charge in [-0.25, -0.2) is 0 Å². The summed E-state index contributed by atoms with van der Waals surface area (Å²) in [4.78, 5) is 4.13. The molecule has 0 spiro atoms. The highest BCUT2D eigenvalue weighted by Crippen LogP contribution is 2.18. The average Bonchev–Trinajstić information content (AvgIpc) is 2.76. The molecule has 5 nitrogen and oxygen atoms in total. The Balaban J connectivity index is 2.24. The number of nitrogens with two attached hydrogens (primary N) is 1. The van der Waals surface area contributed by atoms with Crippen LogP contribution in [0.5, 0.6) is 0 Å². The molecule has 0 aliphatic carbocycles. The fourth-order valence-corrected chi connectivity index (χ4v) is 1.63. The van der Waals surface area contributed by atoms with Crippen molar-refractivity contribution in [3.8, 4) is 0 Å². The van der Waals surface area contributed by atoms with E-state index in [2.05, 4.69) is 10.1 Å². The molecule has 1 aromatic heterocycles. The molecule has 0 fully saturated rings. The van der Waals surface area contributed by atoms with E-state index >= 15 is 0 Å². The Morgan fingerprint density at radius 3 is 2.94 bits per heavy atom. The Morgan fingerprint density at radius 1 is 1.47 bits per heavy atom. The molecule has 2 rings (SSSR count). The summed E-state index contributed by atoms with van der Waals surface area (Å²) in [6, 6.07) is 7.48. The highest BCUT2D eigenvalue weighted by atomic mass is 16.5. The average molecular weight is 233 g/mol. The molecule has 0 radical (unpaired) electrons. The number of nitrogens with zero attached hydrogens (tertiary/aromatic N) is 2. The molecule has 0 saturated carbocycles. The molecule has 17 heavy (non-hydrogen) atoms. The zero-order chi connectivity index (χ0) is 12.3. The van der Waals surface area contributed by atoms with Crippen LogP contribution in [0.1, 0.15) is 28.9 Å². The zero-order valence-corrected chi connectivity index (χ0v) is 9.88. The van der Waals surface area contributed by atoms with Crippen molar-refractivity contribution in [2.75, 3.05) is 7.11 Å². The molecule has 1 aromatic carbocycles. The van der Waals surface area contributed by atoms with Crippen molar-refractivity contribution < 1.29 is 9.26 Å². The first-order chi connectivity index (χ1) is 8.20. The number of methoxy groups -OCH3 is 1. The van der Waals surface area contributed by atoms with E-state index in [1.165, 1.54) is 0 Å². The van der Waals surface area contributed by atoms with Crippen LogP contribution in [-0.2, 0) is 11.3 Å². The predicted molar refractivity (Wildman–Crippen MR) is 62.2 cm³/mol. The van der Waals surface area contributed by atoms with Crippen LogP contribution >= 0.6 is 0 Å². The van der Waals surface area contributed by atoms with Crippen molar-refractivity contribution in [1.82, 2.24) is 10.1 Å². The number of ether oxygens (including phenoxy) is 1. The van der Waals surface area contributed by atoms with Crippen LogP contribution in [0.25, 0.3) is 0 Å². The summed E-state index contributed by atoms with van der Waals surface area (Å²) in [6.45, 7) is 2.30. The molecule has 0 aliphatic rings. The molecule has 1 atom stereocenters. The van der Waals surface area contributed by atoms with Gasteiger partial charge in [0.15, 0.2) is 5.82 Å². The van der Waals surface area contributed by atoms with E-state index in [-0.39, 0.29) is 6.04 Å². The van der Waals surface area contributed by atoms with Gasteiger partial charge in [-0.1, -0.05) is 29.4 Å². The van der Waals surface area contributed by atoms with Gasteiger partial charge in [-0.2, -0.15) is 4.98 Å². The van der Waals surface area contributed by atoms with E-state index in [1.807, 2.05) is 24.3 Å². The fourth-order valence-electron chi connectivity index (χ4n) is 1.63. The molecule has 2 aromatic rings. The van der Waals surface area contributed by atoms with Crippen molar-refractivity contribution in [3.63, 3.8) is 0 Å². The second-order valence-corrected chi connectivity index (χ2v) is 3.83. The van der Waals surface area contributed by atoms with Crippen molar-refractivity contribution in [2.24, 2.45) is 5.73 Å². The van der Waals surface area contributed by atoms with Crippen LogP contribution in [0.3, 0.4) is 0 Å². The Bertz CT molecular complexity index is 496. The maximum Gasteiger partial charge on any atom is 0.223 e. The molecular weight excluding hydrogens is 218 g/mol. The van der Waals surface area contributed by atoms with Crippen molar-refractivity contribution in [2.45, 2.75) is 19.6 Å². The highest BCUT2D eigenvalue weighted by Gasteiger charge is 2.15. The van der Waals surface area contributed by atoms with Crippen LogP contribution in [0.2, 0.25) is 0 Å². The predicted octanol–water partition coefficient (Wildman–Crippen LogP) is 1.57. The molecule has 2 N–H and O–H groups in total. The van der Waals surface area contributed by atoms with Gasteiger partial charge in [0, 0.05) is 14.0 Å². The van der Waals surface area contributed by atoms with Gasteiger partial charge in [-0.15, -0.1) is 0 Å². The standard InChI is InChI=1S/C12H15N3O2/c1-8-14-12(15-17-8)11(13)10-5-3-4-9(6-10)7-16-2/h3-6,11H,7,13H2,1-2H3. The second kappa shape index (κ2) is 5.07. The van der Waals surface area contributed by atoms with Crippen LogP contribution in [0, 0.1) is 6.92 Å². The van der Waals surface area contributed by atoms with Gasteiger partial charge in [0.1, 0.15) is 0 Å². The van der Waals surface area contributed by atoms with Crippen LogP contribution in [-0.4, -0.2) is 17.3 Å². The van der Waals surface area contributed by atoms with Gasteiger partial charge < -0.3 is 15.0 Å². The lowest BCUT2D eigenvalue weighted by Gasteiger charge is -2.09. The van der Waals surface area contributed by atoms with Gasteiger partial charge >= 0.3 is 0 Å². The SMILES string of the molecule is COCc1cccc(C(N)c2noc(C)n2)c1. The molecular formula is C12H15N3O2. The molecule has 1 unspecified atom stereocenters. The monoisotopic (exact) mass is 233 g/mol. The van der Waals surface area contributed by atoms with Crippen LogP contribution < -0.4 is 5.73 Å². The van der Waals surface area contributed by atoms with E-state index in [0.717, 1.165) is 11.1 Å². The fraction of sp³-hybridized carbons (Fsp3) is 0.333. The summed E-state index contributed by atoms with van der Waals surface area (Å²) < 4.78 is 10.0. The second-order valence-electron chi connectivity index (χ2n) is 3.83. The maximum absolute atomic E-state index is 6.07. The van der Waals surface area contributed by atoms with Gasteiger partial charge in [-0.3, -0.25) is 0 Å². The largest absolute Gasteiger partial charge is 0.380 e. The third kappa shape index (κ3) is 2.69. The number of aromatic nitrogens is 2. The number of benzene rings is 1. The topological polar surface area (TPSA) is 74.2 Å². The van der Waals surface area contributed by atoms with Gasteiger partial charge in [-0.05, 0) is 11.1 Å². The van der Waals surface area contributed by atoms with Crippen molar-refractivity contribution in [1.29, 1.82) is 0 Å². The van der Waals surface area contributed by atoms with E-state index in [0.29, 0.717) is 18.3 Å². The number of aryl methyl sites for hydroxylation is 1. The Kier molecular flexibility index (Phi) is 3.51. The number of hydrogen-bond acceptors (Lipinski definition) is 5. The first-order valence-corrected chi connectivity index (χ1v) is 5.34. The molecule has 0 amide bonds. The van der Waals surface area contributed by atoms with Crippen LogP contribution in [0.4, 0.5) is 0 Å². The van der Waals surface area contributed by atoms with Crippen molar-refractivity contribution in [3.05, 3.63) is 47.1 Å². The Hall–Kier alpha value is -1.72. The van der Waals surface area contributed by atoms with Crippen LogP contribution in [0.15, 0.2) is 28.8 Å². The molecule has 90 valence electrons. The lowest BCUT2D eigenvalue weighted by Crippen LogP contribution is -2.13. The lowest BCUT2D eigenvalue weighted by molar-refractivity contribution is 0.185. The van der Waals surface area contributed by atoms with Gasteiger partial charge in [0.05, 0.1) is 12.6 Å². The third-order valence-electron chi connectivity index (χ3n) is 2.44. The van der Waals surface area contributed by atoms with E-state index in [9.17, 15) is 0 Å². The minimum Gasteiger partial charge on any atom is -0.380 e. The smallest absolute Gasteiger partial charge is 0.223 e. The zero-order valence-electron chi connectivity index (χ0n) is 9.88. The quantitative estimate of drug-likeness (QED) is 0.867. The van der Waals surface area contributed by atoms with E-state index < -0.39 is 0 Å². The summed E-state index contributed by atoms with van der Waals surface area (Å²) in [5.74, 6) is 1.01.